The van der Waals surface area contributed by atoms with E-state index in [1.807, 2.05) is 34.7 Å². The SMILES string of the molecule is Cn1cnc2nc(N3CCC4(CCN(Cc5ccccn5)C4=O)C3)ncc21. The first-order valence-electron chi connectivity index (χ1n) is 9.23. The number of aromatic nitrogens is 5. The summed E-state index contributed by atoms with van der Waals surface area (Å²) in [6.45, 7) is 2.82. The Morgan fingerprint density at radius 1 is 1.15 bits per heavy atom. The highest BCUT2D eigenvalue weighted by atomic mass is 16.2. The van der Waals surface area contributed by atoms with Crippen LogP contribution in [0.15, 0.2) is 36.9 Å². The van der Waals surface area contributed by atoms with E-state index in [4.69, 9.17) is 0 Å². The summed E-state index contributed by atoms with van der Waals surface area (Å²) in [5.74, 6) is 0.892. The summed E-state index contributed by atoms with van der Waals surface area (Å²) in [6, 6.07) is 5.82. The van der Waals surface area contributed by atoms with Gasteiger partial charge in [-0.25, -0.2) is 9.97 Å². The molecule has 3 aromatic rings. The second kappa shape index (κ2) is 6.00. The normalized spacial score (nSPS) is 22.5. The summed E-state index contributed by atoms with van der Waals surface area (Å²) in [4.78, 5) is 35.0. The first kappa shape index (κ1) is 16.2. The van der Waals surface area contributed by atoms with Gasteiger partial charge in [-0.15, -0.1) is 0 Å². The van der Waals surface area contributed by atoms with Crippen LogP contribution in [0.5, 0.6) is 0 Å². The Labute approximate surface area is 156 Å². The van der Waals surface area contributed by atoms with Gasteiger partial charge in [0.25, 0.3) is 0 Å². The smallest absolute Gasteiger partial charge is 0.231 e. The number of hydrogen-bond donors (Lipinski definition) is 0. The van der Waals surface area contributed by atoms with Crippen molar-refractivity contribution in [3.8, 4) is 0 Å². The lowest BCUT2D eigenvalue weighted by molar-refractivity contribution is -0.135. The Morgan fingerprint density at radius 3 is 2.89 bits per heavy atom. The number of carbonyl (C=O) groups excluding carboxylic acids is 1. The lowest BCUT2D eigenvalue weighted by Gasteiger charge is -2.23. The summed E-state index contributed by atoms with van der Waals surface area (Å²) in [5.41, 5.74) is 2.21. The van der Waals surface area contributed by atoms with Crippen LogP contribution >= 0.6 is 0 Å². The van der Waals surface area contributed by atoms with E-state index < -0.39 is 0 Å². The van der Waals surface area contributed by atoms with E-state index in [0.717, 1.165) is 37.1 Å². The first-order chi connectivity index (χ1) is 13.1. The molecule has 2 aliphatic rings. The lowest BCUT2D eigenvalue weighted by Crippen LogP contribution is -2.37. The fourth-order valence-electron chi connectivity index (χ4n) is 4.21. The number of imidazole rings is 1. The molecule has 5 rings (SSSR count). The van der Waals surface area contributed by atoms with E-state index >= 15 is 0 Å². The molecule has 0 aliphatic carbocycles. The second-order valence-corrected chi connectivity index (χ2v) is 7.48. The molecule has 1 atom stereocenters. The van der Waals surface area contributed by atoms with Crippen LogP contribution in [0.4, 0.5) is 5.95 Å². The Hall–Kier alpha value is -3.03. The minimum atomic E-state index is -0.322. The molecule has 2 fully saturated rings. The molecule has 0 saturated carbocycles. The van der Waals surface area contributed by atoms with Gasteiger partial charge in [0.2, 0.25) is 11.9 Å². The molecule has 1 spiro atoms. The summed E-state index contributed by atoms with van der Waals surface area (Å²) >= 11 is 0. The van der Waals surface area contributed by atoms with Crippen molar-refractivity contribution in [2.24, 2.45) is 12.5 Å². The number of nitrogens with zero attached hydrogens (tertiary/aromatic N) is 7. The predicted octanol–water partition coefficient (Wildman–Crippen LogP) is 1.39. The third-order valence-electron chi connectivity index (χ3n) is 5.79. The maximum Gasteiger partial charge on any atom is 0.231 e. The van der Waals surface area contributed by atoms with Crippen LogP contribution in [0.25, 0.3) is 11.2 Å². The average Bonchev–Trinajstić information content (AvgIpc) is 3.38. The van der Waals surface area contributed by atoms with Gasteiger partial charge in [0, 0.05) is 32.9 Å². The van der Waals surface area contributed by atoms with E-state index in [9.17, 15) is 4.79 Å². The van der Waals surface area contributed by atoms with Crippen molar-refractivity contribution in [1.82, 2.24) is 29.4 Å². The lowest BCUT2D eigenvalue weighted by atomic mass is 9.85. The molecule has 1 unspecified atom stereocenters. The Balaban J connectivity index is 1.34. The quantitative estimate of drug-likeness (QED) is 0.700. The second-order valence-electron chi connectivity index (χ2n) is 7.48. The van der Waals surface area contributed by atoms with Crippen molar-refractivity contribution in [2.75, 3.05) is 24.5 Å². The summed E-state index contributed by atoms with van der Waals surface area (Å²) < 4.78 is 1.90. The minimum Gasteiger partial charge on any atom is -0.340 e. The molecule has 2 saturated heterocycles. The highest BCUT2D eigenvalue weighted by molar-refractivity contribution is 5.86. The molecule has 0 bridgehead atoms. The summed E-state index contributed by atoms with van der Waals surface area (Å²) in [5, 5.41) is 0. The molecule has 5 heterocycles. The zero-order valence-corrected chi connectivity index (χ0v) is 15.2. The number of likely N-dealkylation sites (tertiary alicyclic amines) is 1. The van der Waals surface area contributed by atoms with Crippen LogP contribution < -0.4 is 4.90 Å². The average molecular weight is 363 g/mol. The Kier molecular flexibility index (Phi) is 3.60. The predicted molar refractivity (Wildman–Crippen MR) is 99.8 cm³/mol. The fourth-order valence-corrected chi connectivity index (χ4v) is 4.21. The molecular formula is C19H21N7O. The van der Waals surface area contributed by atoms with Crippen LogP contribution in [-0.4, -0.2) is 54.9 Å². The molecule has 27 heavy (non-hydrogen) atoms. The van der Waals surface area contributed by atoms with Gasteiger partial charge in [0.1, 0.15) is 5.52 Å². The number of rotatable bonds is 3. The van der Waals surface area contributed by atoms with Crippen LogP contribution in [0, 0.1) is 5.41 Å². The number of carbonyl (C=O) groups is 1. The van der Waals surface area contributed by atoms with Gasteiger partial charge in [-0.05, 0) is 25.0 Å². The number of hydrogen-bond acceptors (Lipinski definition) is 6. The largest absolute Gasteiger partial charge is 0.340 e. The third-order valence-corrected chi connectivity index (χ3v) is 5.79. The van der Waals surface area contributed by atoms with Crippen molar-refractivity contribution in [1.29, 1.82) is 0 Å². The first-order valence-corrected chi connectivity index (χ1v) is 9.23. The van der Waals surface area contributed by atoms with Gasteiger partial charge >= 0.3 is 0 Å². The molecule has 0 aromatic carbocycles. The Bertz CT molecular complexity index is 1000. The van der Waals surface area contributed by atoms with Crippen LogP contribution in [-0.2, 0) is 18.4 Å². The van der Waals surface area contributed by atoms with E-state index in [1.54, 1.807) is 18.7 Å². The van der Waals surface area contributed by atoms with Crippen molar-refractivity contribution >= 4 is 23.0 Å². The Morgan fingerprint density at radius 2 is 2.04 bits per heavy atom. The molecule has 138 valence electrons. The van der Waals surface area contributed by atoms with Crippen LogP contribution in [0.3, 0.4) is 0 Å². The highest BCUT2D eigenvalue weighted by Gasteiger charge is 2.51. The number of pyridine rings is 1. The molecule has 3 aromatic heterocycles. The minimum absolute atomic E-state index is 0.231. The fraction of sp³-hybridized carbons (Fsp3) is 0.421. The summed E-state index contributed by atoms with van der Waals surface area (Å²) in [7, 11) is 1.93. The maximum atomic E-state index is 13.1. The monoisotopic (exact) mass is 363 g/mol. The van der Waals surface area contributed by atoms with Gasteiger partial charge in [-0.1, -0.05) is 6.07 Å². The topological polar surface area (TPSA) is 80.0 Å². The van der Waals surface area contributed by atoms with Gasteiger partial charge in [-0.3, -0.25) is 9.78 Å². The van der Waals surface area contributed by atoms with Crippen molar-refractivity contribution in [3.63, 3.8) is 0 Å². The third kappa shape index (κ3) is 2.63. The molecule has 0 radical (unpaired) electrons. The highest BCUT2D eigenvalue weighted by Crippen LogP contribution is 2.42. The van der Waals surface area contributed by atoms with E-state index in [2.05, 4.69) is 24.8 Å². The van der Waals surface area contributed by atoms with Gasteiger partial charge in [-0.2, -0.15) is 4.98 Å². The number of anilines is 1. The molecule has 2 aliphatic heterocycles. The maximum absolute atomic E-state index is 13.1. The van der Waals surface area contributed by atoms with E-state index in [0.29, 0.717) is 24.7 Å². The number of fused-ring (bicyclic) bond motifs is 1. The van der Waals surface area contributed by atoms with Crippen LogP contribution in [0.1, 0.15) is 18.5 Å². The molecular weight excluding hydrogens is 342 g/mol. The molecule has 8 nitrogen and oxygen atoms in total. The van der Waals surface area contributed by atoms with E-state index in [1.165, 1.54) is 0 Å². The number of amides is 1. The number of aryl methyl sites for hydroxylation is 1. The van der Waals surface area contributed by atoms with E-state index in [-0.39, 0.29) is 11.3 Å². The van der Waals surface area contributed by atoms with Crippen molar-refractivity contribution in [3.05, 3.63) is 42.6 Å². The van der Waals surface area contributed by atoms with Crippen molar-refractivity contribution < 1.29 is 4.79 Å². The van der Waals surface area contributed by atoms with Crippen molar-refractivity contribution in [2.45, 2.75) is 19.4 Å². The van der Waals surface area contributed by atoms with Gasteiger partial charge in [0.15, 0.2) is 5.65 Å². The van der Waals surface area contributed by atoms with Crippen LogP contribution in [0.2, 0.25) is 0 Å². The van der Waals surface area contributed by atoms with Gasteiger partial charge in [0.05, 0.1) is 30.2 Å². The van der Waals surface area contributed by atoms with Gasteiger partial charge < -0.3 is 14.4 Å². The zero-order valence-electron chi connectivity index (χ0n) is 15.2. The molecule has 8 heteroatoms. The summed E-state index contributed by atoms with van der Waals surface area (Å²) in [6.07, 6.45) is 7.04. The molecule has 1 amide bonds. The molecule has 0 N–H and O–H groups in total. The zero-order chi connectivity index (χ0) is 18.4. The standard InChI is InChI=1S/C19H21N7O/c1-24-13-22-16-15(24)10-21-18(23-16)26-9-6-19(12-26)5-8-25(17(19)27)11-14-4-2-3-7-20-14/h2-4,7,10,13H,5-6,8-9,11-12H2,1H3.